The molecule has 1 aromatic carbocycles. The van der Waals surface area contributed by atoms with Gasteiger partial charge in [-0.2, -0.15) is 0 Å². The fourth-order valence-corrected chi connectivity index (χ4v) is 1.70. The van der Waals surface area contributed by atoms with Crippen molar-refractivity contribution in [1.29, 1.82) is 0 Å². The number of rotatable bonds is 4. The Balaban J connectivity index is 2.14. The molecule has 0 aliphatic carbocycles. The van der Waals surface area contributed by atoms with Crippen LogP contribution in [0.4, 0.5) is 10.1 Å². The molecule has 0 atom stereocenters. The van der Waals surface area contributed by atoms with Crippen LogP contribution in [0, 0.1) is 5.82 Å². The highest BCUT2D eigenvalue weighted by Crippen LogP contribution is 2.09. The second kappa shape index (κ2) is 6.00. The standard InChI is InChI=1S/C14H11FN2O4/c15-10-2-1-3-11(6-10)16-12(18)8-17-7-9(14(20)21)4-5-13(17)19/h1-7H,8H2,(H,16,18)(H,20,21). The summed E-state index contributed by atoms with van der Waals surface area (Å²) in [5, 5.41) is 11.3. The van der Waals surface area contributed by atoms with E-state index in [4.69, 9.17) is 5.11 Å². The maximum atomic E-state index is 13.0. The van der Waals surface area contributed by atoms with Gasteiger partial charge in [0.1, 0.15) is 12.4 Å². The summed E-state index contributed by atoms with van der Waals surface area (Å²) in [6.45, 7) is -0.365. The van der Waals surface area contributed by atoms with E-state index in [9.17, 15) is 18.8 Å². The number of hydrogen-bond donors (Lipinski definition) is 2. The van der Waals surface area contributed by atoms with Gasteiger partial charge in [0.15, 0.2) is 0 Å². The highest BCUT2D eigenvalue weighted by molar-refractivity contribution is 5.91. The second-order valence-electron chi connectivity index (χ2n) is 4.25. The first-order valence-electron chi connectivity index (χ1n) is 5.95. The Morgan fingerprint density at radius 2 is 2.00 bits per heavy atom. The first-order valence-corrected chi connectivity index (χ1v) is 5.95. The van der Waals surface area contributed by atoms with Gasteiger partial charge in [-0.05, 0) is 24.3 Å². The van der Waals surface area contributed by atoms with Crippen LogP contribution in [0.25, 0.3) is 0 Å². The average Bonchev–Trinajstić information content (AvgIpc) is 2.41. The lowest BCUT2D eigenvalue weighted by Gasteiger charge is -2.08. The van der Waals surface area contributed by atoms with Gasteiger partial charge in [0.25, 0.3) is 5.56 Å². The average molecular weight is 290 g/mol. The number of carboxylic acid groups (broad SMARTS) is 1. The van der Waals surface area contributed by atoms with Crippen LogP contribution >= 0.6 is 0 Å². The number of anilines is 1. The molecule has 1 heterocycles. The zero-order valence-corrected chi connectivity index (χ0v) is 10.7. The zero-order chi connectivity index (χ0) is 15.4. The highest BCUT2D eigenvalue weighted by Gasteiger charge is 2.09. The molecule has 21 heavy (non-hydrogen) atoms. The molecule has 0 radical (unpaired) electrons. The van der Waals surface area contributed by atoms with E-state index in [-0.39, 0.29) is 17.8 Å². The topological polar surface area (TPSA) is 88.4 Å². The van der Waals surface area contributed by atoms with Crippen molar-refractivity contribution in [3.05, 3.63) is 64.3 Å². The van der Waals surface area contributed by atoms with Crippen molar-refractivity contribution >= 4 is 17.6 Å². The molecule has 0 spiro atoms. The monoisotopic (exact) mass is 290 g/mol. The number of carbonyl (C=O) groups is 2. The van der Waals surface area contributed by atoms with Crippen LogP contribution in [0.1, 0.15) is 10.4 Å². The lowest BCUT2D eigenvalue weighted by atomic mass is 10.3. The number of amides is 1. The van der Waals surface area contributed by atoms with Crippen LogP contribution in [0.15, 0.2) is 47.4 Å². The molecule has 2 rings (SSSR count). The molecule has 2 aromatic rings. The van der Waals surface area contributed by atoms with Gasteiger partial charge in [0.05, 0.1) is 5.56 Å². The number of aromatic nitrogens is 1. The molecule has 0 saturated carbocycles. The number of hydrogen-bond acceptors (Lipinski definition) is 3. The van der Waals surface area contributed by atoms with Crippen molar-refractivity contribution in [2.24, 2.45) is 0 Å². The Morgan fingerprint density at radius 3 is 2.67 bits per heavy atom. The quantitative estimate of drug-likeness (QED) is 0.889. The molecule has 1 aromatic heterocycles. The smallest absolute Gasteiger partial charge is 0.337 e. The Hall–Kier alpha value is -2.96. The lowest BCUT2D eigenvalue weighted by molar-refractivity contribution is -0.116. The summed E-state index contributed by atoms with van der Waals surface area (Å²) in [6, 6.07) is 7.52. The number of carboxylic acids is 1. The predicted octanol–water partition coefficient (Wildman–Crippen LogP) is 1.32. The molecular formula is C14H11FN2O4. The first kappa shape index (κ1) is 14.4. The Kier molecular flexibility index (Phi) is 4.13. The third-order valence-corrected chi connectivity index (χ3v) is 2.65. The van der Waals surface area contributed by atoms with Crippen molar-refractivity contribution in [2.75, 3.05) is 5.32 Å². The Morgan fingerprint density at radius 1 is 1.24 bits per heavy atom. The van der Waals surface area contributed by atoms with Gasteiger partial charge in [-0.15, -0.1) is 0 Å². The number of halogens is 1. The maximum absolute atomic E-state index is 13.0. The van der Waals surface area contributed by atoms with Gasteiger partial charge in [-0.1, -0.05) is 6.07 Å². The second-order valence-corrected chi connectivity index (χ2v) is 4.25. The summed E-state index contributed by atoms with van der Waals surface area (Å²) in [7, 11) is 0. The number of benzene rings is 1. The first-order chi connectivity index (χ1) is 9.95. The summed E-state index contributed by atoms with van der Waals surface area (Å²) >= 11 is 0. The predicted molar refractivity (Wildman–Crippen MR) is 72.7 cm³/mol. The van der Waals surface area contributed by atoms with E-state index in [1.807, 2.05) is 0 Å². The molecule has 0 fully saturated rings. The molecule has 108 valence electrons. The molecule has 7 heteroatoms. The van der Waals surface area contributed by atoms with Gasteiger partial charge < -0.3 is 15.0 Å². The number of nitrogens with one attached hydrogen (secondary N) is 1. The van der Waals surface area contributed by atoms with Crippen LogP contribution in [-0.4, -0.2) is 21.6 Å². The van der Waals surface area contributed by atoms with E-state index >= 15 is 0 Å². The van der Waals surface area contributed by atoms with Crippen molar-refractivity contribution in [1.82, 2.24) is 4.57 Å². The van der Waals surface area contributed by atoms with Crippen LogP contribution < -0.4 is 10.9 Å². The van der Waals surface area contributed by atoms with Gasteiger partial charge >= 0.3 is 5.97 Å². The zero-order valence-electron chi connectivity index (χ0n) is 10.7. The van der Waals surface area contributed by atoms with Gasteiger partial charge in [-0.3, -0.25) is 9.59 Å². The van der Waals surface area contributed by atoms with Gasteiger partial charge in [0.2, 0.25) is 5.91 Å². The van der Waals surface area contributed by atoms with E-state index in [1.54, 1.807) is 0 Å². The minimum absolute atomic E-state index is 0.104. The van der Waals surface area contributed by atoms with E-state index < -0.39 is 23.3 Å². The fraction of sp³-hybridized carbons (Fsp3) is 0.0714. The largest absolute Gasteiger partial charge is 0.478 e. The van der Waals surface area contributed by atoms with Crippen LogP contribution in [-0.2, 0) is 11.3 Å². The maximum Gasteiger partial charge on any atom is 0.337 e. The van der Waals surface area contributed by atoms with Crippen LogP contribution in [0.2, 0.25) is 0 Å². The Labute approximate surface area is 118 Å². The minimum Gasteiger partial charge on any atom is -0.478 e. The van der Waals surface area contributed by atoms with Crippen molar-refractivity contribution in [2.45, 2.75) is 6.54 Å². The molecular weight excluding hydrogens is 279 g/mol. The van der Waals surface area contributed by atoms with Crippen LogP contribution in [0.3, 0.4) is 0 Å². The molecule has 0 unspecified atom stereocenters. The fourth-order valence-electron chi connectivity index (χ4n) is 1.70. The highest BCUT2D eigenvalue weighted by atomic mass is 19.1. The normalized spacial score (nSPS) is 10.1. The van der Waals surface area contributed by atoms with Crippen molar-refractivity contribution in [3.8, 4) is 0 Å². The molecule has 2 N–H and O–H groups in total. The summed E-state index contributed by atoms with van der Waals surface area (Å²) < 4.78 is 13.9. The summed E-state index contributed by atoms with van der Waals surface area (Å²) in [5.74, 6) is -2.27. The van der Waals surface area contributed by atoms with Crippen LogP contribution in [0.5, 0.6) is 0 Å². The summed E-state index contributed by atoms with van der Waals surface area (Å²) in [5.41, 5.74) is -0.356. The molecule has 1 amide bonds. The third-order valence-electron chi connectivity index (χ3n) is 2.65. The number of pyridine rings is 1. The molecule has 0 bridgehead atoms. The minimum atomic E-state index is -1.20. The molecule has 0 aliphatic rings. The summed E-state index contributed by atoms with van der Waals surface area (Å²) in [6.07, 6.45) is 1.08. The third kappa shape index (κ3) is 3.75. The van der Waals surface area contributed by atoms with E-state index in [1.165, 1.54) is 18.2 Å². The lowest BCUT2D eigenvalue weighted by Crippen LogP contribution is -2.27. The number of aromatic carboxylic acids is 1. The number of nitrogens with zero attached hydrogens (tertiary/aromatic N) is 1. The van der Waals surface area contributed by atoms with Crippen molar-refractivity contribution < 1.29 is 19.1 Å². The number of carbonyl (C=O) groups excluding carboxylic acids is 1. The van der Waals surface area contributed by atoms with E-state index in [2.05, 4.69) is 5.32 Å². The van der Waals surface area contributed by atoms with E-state index in [0.29, 0.717) is 0 Å². The summed E-state index contributed by atoms with van der Waals surface area (Å²) in [4.78, 5) is 34.2. The van der Waals surface area contributed by atoms with E-state index in [0.717, 1.165) is 29.0 Å². The molecule has 6 nitrogen and oxygen atoms in total. The molecule has 0 aliphatic heterocycles. The Bertz CT molecular complexity index is 755. The van der Waals surface area contributed by atoms with Crippen molar-refractivity contribution in [3.63, 3.8) is 0 Å². The van der Waals surface area contributed by atoms with Gasteiger partial charge in [-0.25, -0.2) is 9.18 Å². The SMILES string of the molecule is O=C(Cn1cc(C(=O)O)ccc1=O)Nc1cccc(F)c1. The van der Waals surface area contributed by atoms with Gasteiger partial charge in [0, 0.05) is 18.0 Å². The molecule has 0 saturated heterocycles.